The first-order valence-electron chi connectivity index (χ1n) is 7.10. The largest absolute Gasteiger partial charge is 0.496 e. The summed E-state index contributed by atoms with van der Waals surface area (Å²) in [5.41, 5.74) is 6.83. The van der Waals surface area contributed by atoms with Crippen LogP contribution in [-0.2, 0) is 0 Å². The third-order valence-corrected chi connectivity index (χ3v) is 3.76. The van der Waals surface area contributed by atoms with Gasteiger partial charge in [0, 0.05) is 24.3 Å². The number of nitrogens with zero attached hydrogens (tertiary/aromatic N) is 1. The third kappa shape index (κ3) is 3.42. The molecule has 110 valence electrons. The number of carbonyl (C=O) groups is 1. The average molecular weight is 277 g/mol. The maximum Gasteiger partial charge on any atom is 0.255 e. The Morgan fingerprint density at radius 3 is 3.05 bits per heavy atom. The van der Waals surface area contributed by atoms with E-state index in [9.17, 15) is 4.79 Å². The number of likely N-dealkylation sites (tertiary alicyclic amines) is 1. The lowest BCUT2D eigenvalue weighted by Crippen LogP contribution is -2.47. The number of benzene rings is 1. The van der Waals surface area contributed by atoms with Gasteiger partial charge in [0.15, 0.2) is 0 Å². The number of amides is 1. The van der Waals surface area contributed by atoms with E-state index in [0.717, 1.165) is 32.5 Å². The van der Waals surface area contributed by atoms with Crippen LogP contribution in [0.2, 0.25) is 0 Å². The van der Waals surface area contributed by atoms with Crippen molar-refractivity contribution in [2.24, 2.45) is 0 Å². The van der Waals surface area contributed by atoms with Gasteiger partial charge < -0.3 is 20.7 Å². The molecule has 0 bridgehead atoms. The van der Waals surface area contributed by atoms with E-state index in [1.807, 2.05) is 0 Å². The summed E-state index contributed by atoms with van der Waals surface area (Å²) in [6.07, 6.45) is 2.15. The molecule has 2 rings (SSSR count). The molecular weight excluding hydrogens is 254 g/mol. The lowest BCUT2D eigenvalue weighted by molar-refractivity contribution is 0.0903. The van der Waals surface area contributed by atoms with E-state index in [2.05, 4.69) is 17.1 Å². The highest BCUT2D eigenvalue weighted by Gasteiger charge is 2.22. The van der Waals surface area contributed by atoms with Crippen LogP contribution in [0.1, 0.15) is 30.1 Å². The molecule has 0 aliphatic carbocycles. The summed E-state index contributed by atoms with van der Waals surface area (Å²) >= 11 is 0. The summed E-state index contributed by atoms with van der Waals surface area (Å²) in [4.78, 5) is 14.7. The molecule has 5 nitrogen and oxygen atoms in total. The summed E-state index contributed by atoms with van der Waals surface area (Å²) in [7, 11) is 1.55. The number of likely N-dealkylation sites (N-methyl/N-ethyl adjacent to an activating group) is 1. The van der Waals surface area contributed by atoms with Crippen LogP contribution >= 0.6 is 0 Å². The van der Waals surface area contributed by atoms with Crippen LogP contribution in [0.3, 0.4) is 0 Å². The smallest absolute Gasteiger partial charge is 0.255 e. The van der Waals surface area contributed by atoms with Crippen LogP contribution in [0.15, 0.2) is 18.2 Å². The molecule has 3 N–H and O–H groups in total. The van der Waals surface area contributed by atoms with Gasteiger partial charge in [-0.3, -0.25) is 4.79 Å². The van der Waals surface area contributed by atoms with Crippen molar-refractivity contribution in [2.75, 3.05) is 32.5 Å². The van der Waals surface area contributed by atoms with Crippen molar-refractivity contribution in [2.45, 2.75) is 25.8 Å². The molecule has 0 radical (unpaired) electrons. The van der Waals surface area contributed by atoms with Gasteiger partial charge in [0.25, 0.3) is 5.91 Å². The van der Waals surface area contributed by atoms with Crippen molar-refractivity contribution in [3.8, 4) is 5.75 Å². The second-order valence-electron chi connectivity index (χ2n) is 5.17. The Bertz CT molecular complexity index is 476. The van der Waals surface area contributed by atoms with E-state index in [4.69, 9.17) is 10.5 Å². The summed E-state index contributed by atoms with van der Waals surface area (Å²) in [6, 6.07) is 5.31. The number of hydrogen-bond donors (Lipinski definition) is 2. The highest BCUT2D eigenvalue weighted by molar-refractivity contribution is 5.97. The van der Waals surface area contributed by atoms with Crippen molar-refractivity contribution in [1.82, 2.24) is 10.2 Å². The fourth-order valence-electron chi connectivity index (χ4n) is 2.62. The van der Waals surface area contributed by atoms with Crippen molar-refractivity contribution in [3.63, 3.8) is 0 Å². The van der Waals surface area contributed by atoms with Crippen LogP contribution < -0.4 is 15.8 Å². The second kappa shape index (κ2) is 6.61. The number of piperidine rings is 1. The van der Waals surface area contributed by atoms with Crippen molar-refractivity contribution >= 4 is 11.6 Å². The number of methoxy groups -OCH3 is 1. The number of nitrogen functional groups attached to an aromatic ring is 1. The summed E-state index contributed by atoms with van der Waals surface area (Å²) in [5, 5.41) is 3.09. The second-order valence-corrected chi connectivity index (χ2v) is 5.17. The van der Waals surface area contributed by atoms with Gasteiger partial charge in [0.05, 0.1) is 12.7 Å². The fourth-order valence-corrected chi connectivity index (χ4v) is 2.62. The summed E-state index contributed by atoms with van der Waals surface area (Å²) in [5.74, 6) is 0.426. The zero-order valence-corrected chi connectivity index (χ0v) is 12.2. The molecule has 1 atom stereocenters. The Kier molecular flexibility index (Phi) is 4.84. The van der Waals surface area contributed by atoms with Crippen LogP contribution in [0.5, 0.6) is 5.75 Å². The zero-order valence-electron chi connectivity index (χ0n) is 12.2. The average Bonchev–Trinajstić information content (AvgIpc) is 2.47. The van der Waals surface area contributed by atoms with E-state index in [0.29, 0.717) is 17.0 Å². The molecule has 1 aliphatic rings. The molecule has 0 aromatic heterocycles. The molecular formula is C15H23N3O2. The first kappa shape index (κ1) is 14.7. The highest BCUT2D eigenvalue weighted by atomic mass is 16.5. The standard InChI is InChI=1S/C15H23N3O2/c1-3-18-8-4-5-12(10-18)17-15(19)13-7-6-11(16)9-14(13)20-2/h6-7,9,12H,3-5,8,10,16H2,1-2H3,(H,17,19). The van der Waals surface area contributed by atoms with E-state index in [1.165, 1.54) is 0 Å². The molecule has 1 fully saturated rings. The van der Waals surface area contributed by atoms with Gasteiger partial charge in [0.1, 0.15) is 5.75 Å². The van der Waals surface area contributed by atoms with Gasteiger partial charge in [-0.15, -0.1) is 0 Å². The number of ether oxygens (including phenoxy) is 1. The van der Waals surface area contributed by atoms with Gasteiger partial charge in [-0.05, 0) is 38.1 Å². The van der Waals surface area contributed by atoms with Crippen molar-refractivity contribution in [1.29, 1.82) is 0 Å². The SMILES string of the molecule is CCN1CCCC(NC(=O)c2ccc(N)cc2OC)C1. The first-order valence-corrected chi connectivity index (χ1v) is 7.10. The Labute approximate surface area is 120 Å². The Hall–Kier alpha value is -1.75. The minimum absolute atomic E-state index is 0.0928. The normalized spacial score (nSPS) is 19.6. The number of carbonyl (C=O) groups excluding carboxylic acids is 1. The summed E-state index contributed by atoms with van der Waals surface area (Å²) < 4.78 is 5.23. The lowest BCUT2D eigenvalue weighted by Gasteiger charge is -2.32. The first-order chi connectivity index (χ1) is 9.63. The molecule has 1 unspecified atom stereocenters. The van der Waals surface area contributed by atoms with E-state index in [1.54, 1.807) is 25.3 Å². The molecule has 1 saturated heterocycles. The highest BCUT2D eigenvalue weighted by Crippen LogP contribution is 2.22. The van der Waals surface area contributed by atoms with Gasteiger partial charge in [-0.2, -0.15) is 0 Å². The number of anilines is 1. The lowest BCUT2D eigenvalue weighted by atomic mass is 10.0. The number of hydrogen-bond acceptors (Lipinski definition) is 4. The fraction of sp³-hybridized carbons (Fsp3) is 0.533. The number of nitrogens with one attached hydrogen (secondary N) is 1. The number of rotatable bonds is 4. The molecule has 1 heterocycles. The minimum atomic E-state index is -0.0928. The van der Waals surface area contributed by atoms with Gasteiger partial charge in [-0.25, -0.2) is 0 Å². The van der Waals surface area contributed by atoms with E-state index in [-0.39, 0.29) is 11.9 Å². The Morgan fingerprint density at radius 2 is 2.35 bits per heavy atom. The van der Waals surface area contributed by atoms with Crippen LogP contribution in [0, 0.1) is 0 Å². The summed E-state index contributed by atoms with van der Waals surface area (Å²) in [6.45, 7) is 5.21. The molecule has 1 amide bonds. The molecule has 1 aliphatic heterocycles. The van der Waals surface area contributed by atoms with E-state index >= 15 is 0 Å². The third-order valence-electron chi connectivity index (χ3n) is 3.76. The topological polar surface area (TPSA) is 67.6 Å². The predicted molar refractivity (Wildman–Crippen MR) is 80.0 cm³/mol. The molecule has 1 aromatic carbocycles. The Balaban J connectivity index is 2.04. The molecule has 1 aromatic rings. The van der Waals surface area contributed by atoms with Gasteiger partial charge >= 0.3 is 0 Å². The minimum Gasteiger partial charge on any atom is -0.496 e. The van der Waals surface area contributed by atoms with Crippen molar-refractivity contribution in [3.05, 3.63) is 23.8 Å². The molecule has 5 heteroatoms. The molecule has 0 saturated carbocycles. The maximum absolute atomic E-state index is 12.3. The Morgan fingerprint density at radius 1 is 1.55 bits per heavy atom. The predicted octanol–water partition coefficient (Wildman–Crippen LogP) is 1.49. The zero-order chi connectivity index (χ0) is 14.5. The van der Waals surface area contributed by atoms with Crippen LogP contribution in [0.4, 0.5) is 5.69 Å². The van der Waals surface area contributed by atoms with Crippen LogP contribution in [-0.4, -0.2) is 43.6 Å². The van der Waals surface area contributed by atoms with Gasteiger partial charge in [-0.1, -0.05) is 6.92 Å². The molecule has 20 heavy (non-hydrogen) atoms. The van der Waals surface area contributed by atoms with Gasteiger partial charge in [0.2, 0.25) is 0 Å². The van der Waals surface area contributed by atoms with Crippen LogP contribution in [0.25, 0.3) is 0 Å². The monoisotopic (exact) mass is 277 g/mol. The number of nitrogens with two attached hydrogens (primary N) is 1. The maximum atomic E-state index is 12.3. The van der Waals surface area contributed by atoms with Crippen molar-refractivity contribution < 1.29 is 9.53 Å². The van der Waals surface area contributed by atoms with E-state index < -0.39 is 0 Å². The molecule has 0 spiro atoms. The quantitative estimate of drug-likeness (QED) is 0.818.